The second-order valence-corrected chi connectivity index (χ2v) is 5.07. The third-order valence-corrected chi connectivity index (χ3v) is 3.53. The van der Waals surface area contributed by atoms with Crippen LogP contribution < -0.4 is 10.6 Å². The van der Waals surface area contributed by atoms with Gasteiger partial charge in [0.15, 0.2) is 0 Å². The molecule has 3 N–H and O–H groups in total. The van der Waals surface area contributed by atoms with E-state index in [2.05, 4.69) is 18.7 Å². The number of nitrogen functional groups attached to an aromatic ring is 1. The van der Waals surface area contributed by atoms with Crippen LogP contribution in [-0.2, 0) is 0 Å². The SMILES string of the molecule is CCCCCCCN(CC)c1ccc(C(=O)O)cc1N. The molecule has 1 aromatic rings. The van der Waals surface area contributed by atoms with E-state index in [1.807, 2.05) is 6.07 Å². The lowest BCUT2D eigenvalue weighted by atomic mass is 10.1. The fourth-order valence-electron chi connectivity index (χ4n) is 2.33. The summed E-state index contributed by atoms with van der Waals surface area (Å²) in [5.41, 5.74) is 7.70. The summed E-state index contributed by atoms with van der Waals surface area (Å²) in [5.74, 6) is -0.939. The third kappa shape index (κ3) is 4.76. The van der Waals surface area contributed by atoms with Crippen LogP contribution in [0.2, 0.25) is 0 Å². The summed E-state index contributed by atoms with van der Waals surface area (Å²) in [4.78, 5) is 13.1. The molecule has 112 valence electrons. The first-order valence-corrected chi connectivity index (χ1v) is 7.47. The van der Waals surface area contributed by atoms with E-state index in [0.717, 1.165) is 25.2 Å². The summed E-state index contributed by atoms with van der Waals surface area (Å²) < 4.78 is 0. The first-order valence-electron chi connectivity index (χ1n) is 7.47. The Bertz CT molecular complexity index is 432. The summed E-state index contributed by atoms with van der Waals surface area (Å²) in [6, 6.07) is 4.97. The Labute approximate surface area is 121 Å². The summed E-state index contributed by atoms with van der Waals surface area (Å²) >= 11 is 0. The predicted octanol–water partition coefficient (Wildman–Crippen LogP) is 3.76. The molecule has 0 spiro atoms. The number of nitrogens with two attached hydrogens (primary N) is 1. The molecule has 4 nitrogen and oxygen atoms in total. The van der Waals surface area contributed by atoms with Gasteiger partial charge in [-0.25, -0.2) is 4.79 Å². The van der Waals surface area contributed by atoms with Crippen LogP contribution in [0.25, 0.3) is 0 Å². The van der Waals surface area contributed by atoms with E-state index in [4.69, 9.17) is 10.8 Å². The quantitative estimate of drug-likeness (QED) is 0.533. The summed E-state index contributed by atoms with van der Waals surface area (Å²) in [7, 11) is 0. The number of unbranched alkanes of at least 4 members (excludes halogenated alkanes) is 4. The van der Waals surface area contributed by atoms with Crippen LogP contribution in [0, 0.1) is 0 Å². The fourth-order valence-corrected chi connectivity index (χ4v) is 2.33. The fraction of sp³-hybridized carbons (Fsp3) is 0.562. The molecule has 0 aromatic heterocycles. The van der Waals surface area contributed by atoms with Crippen molar-refractivity contribution in [3.8, 4) is 0 Å². The van der Waals surface area contributed by atoms with E-state index in [9.17, 15) is 4.79 Å². The molecule has 0 amide bonds. The second-order valence-electron chi connectivity index (χ2n) is 5.07. The van der Waals surface area contributed by atoms with Gasteiger partial charge in [-0.3, -0.25) is 0 Å². The maximum absolute atomic E-state index is 10.9. The lowest BCUT2D eigenvalue weighted by Gasteiger charge is -2.24. The normalized spacial score (nSPS) is 10.5. The average molecular weight is 278 g/mol. The molecule has 0 aliphatic carbocycles. The van der Waals surface area contributed by atoms with E-state index in [1.54, 1.807) is 6.07 Å². The molecule has 0 heterocycles. The van der Waals surface area contributed by atoms with Gasteiger partial charge >= 0.3 is 5.97 Å². The van der Waals surface area contributed by atoms with Gasteiger partial charge < -0.3 is 15.7 Å². The highest BCUT2D eigenvalue weighted by Crippen LogP contribution is 2.25. The van der Waals surface area contributed by atoms with E-state index >= 15 is 0 Å². The van der Waals surface area contributed by atoms with Crippen LogP contribution in [0.1, 0.15) is 56.3 Å². The summed E-state index contributed by atoms with van der Waals surface area (Å²) in [6.45, 7) is 6.15. The van der Waals surface area contributed by atoms with Crippen LogP contribution in [-0.4, -0.2) is 24.2 Å². The monoisotopic (exact) mass is 278 g/mol. The topological polar surface area (TPSA) is 66.6 Å². The molecular weight excluding hydrogens is 252 g/mol. The van der Waals surface area contributed by atoms with Gasteiger partial charge in [0.2, 0.25) is 0 Å². The Hall–Kier alpha value is -1.71. The number of hydrogen-bond donors (Lipinski definition) is 2. The van der Waals surface area contributed by atoms with Crippen LogP contribution in [0.5, 0.6) is 0 Å². The number of carbonyl (C=O) groups is 1. The zero-order valence-electron chi connectivity index (χ0n) is 12.6. The molecule has 0 saturated carbocycles. The van der Waals surface area contributed by atoms with Crippen LogP contribution in [0.4, 0.5) is 11.4 Å². The molecule has 0 aliphatic heterocycles. The van der Waals surface area contributed by atoms with E-state index in [1.165, 1.54) is 31.7 Å². The number of carboxylic acids is 1. The molecular formula is C16H26N2O2. The molecule has 0 unspecified atom stereocenters. The van der Waals surface area contributed by atoms with Crippen molar-refractivity contribution in [2.75, 3.05) is 23.7 Å². The Kier molecular flexibility index (Phi) is 6.91. The Morgan fingerprint density at radius 3 is 2.45 bits per heavy atom. The highest BCUT2D eigenvalue weighted by molar-refractivity contribution is 5.90. The highest BCUT2D eigenvalue weighted by atomic mass is 16.4. The van der Waals surface area contributed by atoms with Gasteiger partial charge in [0.25, 0.3) is 0 Å². The minimum Gasteiger partial charge on any atom is -0.478 e. The number of rotatable bonds is 9. The summed E-state index contributed by atoms with van der Waals surface area (Å²) in [6.07, 6.45) is 6.20. The number of hydrogen-bond acceptors (Lipinski definition) is 3. The van der Waals surface area contributed by atoms with Gasteiger partial charge in [-0.2, -0.15) is 0 Å². The lowest BCUT2D eigenvalue weighted by molar-refractivity contribution is 0.0697. The van der Waals surface area contributed by atoms with Crippen LogP contribution >= 0.6 is 0 Å². The molecule has 1 rings (SSSR count). The van der Waals surface area contributed by atoms with E-state index in [-0.39, 0.29) is 5.56 Å². The molecule has 20 heavy (non-hydrogen) atoms. The van der Waals surface area contributed by atoms with Crippen molar-refractivity contribution in [3.05, 3.63) is 23.8 Å². The molecule has 0 aliphatic rings. The van der Waals surface area contributed by atoms with Crippen LogP contribution in [0.3, 0.4) is 0 Å². The van der Waals surface area contributed by atoms with Crippen LogP contribution in [0.15, 0.2) is 18.2 Å². The molecule has 0 radical (unpaired) electrons. The molecule has 0 fully saturated rings. The third-order valence-electron chi connectivity index (χ3n) is 3.53. The Morgan fingerprint density at radius 2 is 1.90 bits per heavy atom. The van der Waals surface area contributed by atoms with Crippen molar-refractivity contribution in [2.45, 2.75) is 46.0 Å². The van der Waals surface area contributed by atoms with Gasteiger partial charge in [-0.15, -0.1) is 0 Å². The summed E-state index contributed by atoms with van der Waals surface area (Å²) in [5, 5.41) is 8.95. The Morgan fingerprint density at radius 1 is 1.20 bits per heavy atom. The largest absolute Gasteiger partial charge is 0.478 e. The van der Waals surface area contributed by atoms with Gasteiger partial charge in [0.05, 0.1) is 16.9 Å². The van der Waals surface area contributed by atoms with Crippen molar-refractivity contribution in [1.29, 1.82) is 0 Å². The zero-order chi connectivity index (χ0) is 15.0. The van der Waals surface area contributed by atoms with E-state index < -0.39 is 5.97 Å². The highest BCUT2D eigenvalue weighted by Gasteiger charge is 2.11. The van der Waals surface area contributed by atoms with Crippen molar-refractivity contribution in [1.82, 2.24) is 0 Å². The first kappa shape index (κ1) is 16.3. The molecule has 1 aromatic carbocycles. The van der Waals surface area contributed by atoms with Crippen molar-refractivity contribution >= 4 is 17.3 Å². The molecule has 0 atom stereocenters. The average Bonchev–Trinajstić information content (AvgIpc) is 2.43. The second kappa shape index (κ2) is 8.46. The first-order chi connectivity index (χ1) is 9.60. The number of benzene rings is 1. The van der Waals surface area contributed by atoms with E-state index in [0.29, 0.717) is 5.69 Å². The van der Waals surface area contributed by atoms with Gasteiger partial charge in [0, 0.05) is 13.1 Å². The molecule has 0 saturated heterocycles. The number of nitrogens with zero attached hydrogens (tertiary/aromatic N) is 1. The van der Waals surface area contributed by atoms with Gasteiger partial charge in [0.1, 0.15) is 0 Å². The zero-order valence-corrected chi connectivity index (χ0v) is 12.6. The van der Waals surface area contributed by atoms with Gasteiger partial charge in [-0.05, 0) is 31.5 Å². The maximum Gasteiger partial charge on any atom is 0.335 e. The smallest absolute Gasteiger partial charge is 0.335 e. The minimum atomic E-state index is -0.939. The van der Waals surface area contributed by atoms with Gasteiger partial charge in [-0.1, -0.05) is 32.6 Å². The van der Waals surface area contributed by atoms with Crippen molar-refractivity contribution in [2.24, 2.45) is 0 Å². The maximum atomic E-state index is 10.9. The number of carboxylic acid groups (broad SMARTS) is 1. The predicted molar refractivity (Wildman–Crippen MR) is 84.5 cm³/mol. The number of aromatic carboxylic acids is 1. The molecule has 0 bridgehead atoms. The molecule has 4 heteroatoms. The van der Waals surface area contributed by atoms with Crippen molar-refractivity contribution < 1.29 is 9.90 Å². The standard InChI is InChI=1S/C16H26N2O2/c1-3-5-6-7-8-11-18(4-2)15-10-9-13(16(19)20)12-14(15)17/h9-10,12H,3-8,11,17H2,1-2H3,(H,19,20). The number of anilines is 2. The Balaban J connectivity index is 2.63. The minimum absolute atomic E-state index is 0.241. The lowest BCUT2D eigenvalue weighted by Crippen LogP contribution is -2.25. The van der Waals surface area contributed by atoms with Crippen molar-refractivity contribution in [3.63, 3.8) is 0 Å².